The molecular formula is C17H23ClNO2-. The lowest BCUT2D eigenvalue weighted by Crippen LogP contribution is -3.00. The van der Waals surface area contributed by atoms with E-state index in [4.69, 9.17) is 9.47 Å². The van der Waals surface area contributed by atoms with Gasteiger partial charge in [-0.3, -0.25) is 0 Å². The Morgan fingerprint density at radius 3 is 2.71 bits per heavy atom. The number of fused-ring (bicyclic) bond motifs is 1. The Kier molecular flexibility index (Phi) is 6.40. The van der Waals surface area contributed by atoms with Gasteiger partial charge in [0.2, 0.25) is 0 Å². The average molecular weight is 309 g/mol. The van der Waals surface area contributed by atoms with Gasteiger partial charge in [-0.1, -0.05) is 17.7 Å². The first-order chi connectivity index (χ1) is 9.92. The van der Waals surface area contributed by atoms with E-state index in [0.29, 0.717) is 13.2 Å². The van der Waals surface area contributed by atoms with Crippen molar-refractivity contribution in [2.75, 3.05) is 19.8 Å². The first-order valence-electron chi connectivity index (χ1n) is 7.69. The minimum atomic E-state index is 0. The van der Waals surface area contributed by atoms with Gasteiger partial charge in [0.15, 0.2) is 11.5 Å². The van der Waals surface area contributed by atoms with Crippen LogP contribution in [0.15, 0.2) is 29.8 Å². The second-order valence-corrected chi connectivity index (χ2v) is 5.51. The van der Waals surface area contributed by atoms with Gasteiger partial charge in [0.25, 0.3) is 0 Å². The van der Waals surface area contributed by atoms with E-state index in [0.717, 1.165) is 24.6 Å². The summed E-state index contributed by atoms with van der Waals surface area (Å²) in [5, 5.41) is 3.52. The van der Waals surface area contributed by atoms with E-state index in [-0.39, 0.29) is 12.4 Å². The molecule has 0 spiro atoms. The number of benzene rings is 1. The Morgan fingerprint density at radius 2 is 1.90 bits per heavy atom. The van der Waals surface area contributed by atoms with Crippen molar-refractivity contribution < 1.29 is 21.9 Å². The van der Waals surface area contributed by atoms with Crippen molar-refractivity contribution in [3.63, 3.8) is 0 Å². The zero-order valence-corrected chi connectivity index (χ0v) is 13.1. The second-order valence-electron chi connectivity index (χ2n) is 5.51. The van der Waals surface area contributed by atoms with E-state index in [9.17, 15) is 0 Å². The fourth-order valence-corrected chi connectivity index (χ4v) is 2.81. The van der Waals surface area contributed by atoms with Gasteiger partial charge in [0.05, 0.1) is 0 Å². The number of hydrogen-bond donors (Lipinski definition) is 1. The van der Waals surface area contributed by atoms with Crippen molar-refractivity contribution in [1.82, 2.24) is 5.32 Å². The van der Waals surface area contributed by atoms with Crippen molar-refractivity contribution in [1.29, 1.82) is 0 Å². The summed E-state index contributed by atoms with van der Waals surface area (Å²) in [7, 11) is 0. The quantitative estimate of drug-likeness (QED) is 0.632. The second kappa shape index (κ2) is 8.30. The predicted octanol–water partition coefficient (Wildman–Crippen LogP) is 0.442. The number of hydrogen-bond acceptors (Lipinski definition) is 3. The molecule has 1 aromatic carbocycles. The maximum absolute atomic E-state index is 5.60. The van der Waals surface area contributed by atoms with Crippen LogP contribution in [-0.4, -0.2) is 19.8 Å². The molecule has 0 amide bonds. The molecule has 1 aliphatic carbocycles. The summed E-state index contributed by atoms with van der Waals surface area (Å²) in [6.45, 7) is 3.25. The fraction of sp³-hybridized carbons (Fsp3) is 0.529. The molecule has 0 atom stereocenters. The maximum Gasteiger partial charge on any atom is 0.161 e. The SMILES string of the molecule is C1=C(CCNCc2ccc3c(c2)OCCO3)CCCC1.[Cl-]. The molecule has 0 saturated heterocycles. The largest absolute Gasteiger partial charge is 1.00 e. The Hall–Kier alpha value is -1.19. The molecule has 2 aliphatic rings. The summed E-state index contributed by atoms with van der Waals surface area (Å²) in [6.07, 6.45) is 8.92. The molecule has 1 N–H and O–H groups in total. The van der Waals surface area contributed by atoms with Crippen LogP contribution in [0.4, 0.5) is 0 Å². The lowest BCUT2D eigenvalue weighted by atomic mass is 9.97. The Morgan fingerprint density at radius 1 is 1.05 bits per heavy atom. The molecule has 3 rings (SSSR count). The molecule has 0 aromatic heterocycles. The van der Waals surface area contributed by atoms with Crippen LogP contribution in [0.25, 0.3) is 0 Å². The van der Waals surface area contributed by atoms with Gasteiger partial charge >= 0.3 is 0 Å². The third-order valence-electron chi connectivity index (χ3n) is 3.94. The molecule has 0 fully saturated rings. The zero-order valence-electron chi connectivity index (χ0n) is 12.4. The lowest BCUT2D eigenvalue weighted by Gasteiger charge is -2.19. The number of nitrogens with one attached hydrogen (secondary N) is 1. The minimum Gasteiger partial charge on any atom is -1.00 e. The normalized spacial score (nSPS) is 16.9. The smallest absolute Gasteiger partial charge is 0.161 e. The van der Waals surface area contributed by atoms with Crippen LogP contribution in [-0.2, 0) is 6.54 Å². The molecule has 21 heavy (non-hydrogen) atoms. The van der Waals surface area contributed by atoms with Gasteiger partial charge in [-0.2, -0.15) is 0 Å². The van der Waals surface area contributed by atoms with Gasteiger partial charge in [0.1, 0.15) is 13.2 Å². The third kappa shape index (κ3) is 4.65. The Labute approximate surface area is 133 Å². The van der Waals surface area contributed by atoms with Crippen molar-refractivity contribution in [3.8, 4) is 11.5 Å². The van der Waals surface area contributed by atoms with Crippen LogP contribution in [0.2, 0.25) is 0 Å². The highest BCUT2D eigenvalue weighted by atomic mass is 35.5. The van der Waals surface area contributed by atoms with Crippen LogP contribution < -0.4 is 27.2 Å². The number of halogens is 1. The highest BCUT2D eigenvalue weighted by Gasteiger charge is 2.11. The van der Waals surface area contributed by atoms with Gasteiger partial charge < -0.3 is 27.2 Å². The fourth-order valence-electron chi connectivity index (χ4n) is 2.81. The van der Waals surface area contributed by atoms with Crippen LogP contribution in [0, 0.1) is 0 Å². The van der Waals surface area contributed by atoms with Crippen LogP contribution >= 0.6 is 0 Å². The van der Waals surface area contributed by atoms with E-state index in [1.807, 2.05) is 6.07 Å². The highest BCUT2D eigenvalue weighted by Crippen LogP contribution is 2.30. The van der Waals surface area contributed by atoms with Gasteiger partial charge in [-0.05, 0) is 56.3 Å². The summed E-state index contributed by atoms with van der Waals surface area (Å²) in [5.74, 6) is 1.75. The average Bonchev–Trinajstić information content (AvgIpc) is 2.52. The lowest BCUT2D eigenvalue weighted by molar-refractivity contribution is -0.00000473. The molecule has 0 bridgehead atoms. The van der Waals surface area contributed by atoms with Gasteiger partial charge in [-0.25, -0.2) is 0 Å². The van der Waals surface area contributed by atoms with Crippen LogP contribution in [0.3, 0.4) is 0 Å². The van der Waals surface area contributed by atoms with Crippen molar-refractivity contribution in [3.05, 3.63) is 35.4 Å². The third-order valence-corrected chi connectivity index (χ3v) is 3.94. The van der Waals surface area contributed by atoms with E-state index in [2.05, 4.69) is 23.5 Å². The molecule has 1 aliphatic heterocycles. The molecule has 1 aromatic rings. The first kappa shape index (κ1) is 16.2. The van der Waals surface area contributed by atoms with E-state index in [1.165, 1.54) is 37.7 Å². The van der Waals surface area contributed by atoms with E-state index in [1.54, 1.807) is 5.57 Å². The first-order valence-corrected chi connectivity index (χ1v) is 7.69. The van der Waals surface area contributed by atoms with E-state index < -0.39 is 0 Å². The molecule has 0 radical (unpaired) electrons. The Balaban J connectivity index is 0.00000161. The van der Waals surface area contributed by atoms with Crippen molar-refractivity contribution in [2.24, 2.45) is 0 Å². The monoisotopic (exact) mass is 308 g/mol. The molecule has 3 nitrogen and oxygen atoms in total. The summed E-state index contributed by atoms with van der Waals surface area (Å²) in [5.41, 5.74) is 2.89. The van der Waals surface area contributed by atoms with Gasteiger partial charge in [-0.15, -0.1) is 0 Å². The van der Waals surface area contributed by atoms with E-state index >= 15 is 0 Å². The molecular weight excluding hydrogens is 286 g/mol. The van der Waals surface area contributed by atoms with Gasteiger partial charge in [0, 0.05) is 6.54 Å². The topological polar surface area (TPSA) is 30.5 Å². The van der Waals surface area contributed by atoms with Crippen LogP contribution in [0.1, 0.15) is 37.7 Å². The maximum atomic E-state index is 5.60. The summed E-state index contributed by atoms with van der Waals surface area (Å²) < 4.78 is 11.1. The summed E-state index contributed by atoms with van der Waals surface area (Å²) in [6, 6.07) is 6.21. The predicted molar refractivity (Wildman–Crippen MR) is 80.3 cm³/mol. The zero-order chi connectivity index (χ0) is 13.6. The molecule has 4 heteroatoms. The molecule has 0 unspecified atom stereocenters. The summed E-state index contributed by atoms with van der Waals surface area (Å²) in [4.78, 5) is 0. The molecule has 0 saturated carbocycles. The summed E-state index contributed by atoms with van der Waals surface area (Å²) >= 11 is 0. The van der Waals surface area contributed by atoms with Crippen molar-refractivity contribution in [2.45, 2.75) is 38.6 Å². The minimum absolute atomic E-state index is 0. The number of ether oxygens (including phenoxy) is 2. The highest BCUT2D eigenvalue weighted by molar-refractivity contribution is 5.43. The Bertz CT molecular complexity index is 488. The molecule has 1 heterocycles. The number of rotatable bonds is 5. The molecule has 116 valence electrons. The van der Waals surface area contributed by atoms with Crippen molar-refractivity contribution >= 4 is 0 Å². The van der Waals surface area contributed by atoms with Crippen LogP contribution in [0.5, 0.6) is 11.5 Å². The standard InChI is InChI=1S/C17H23NO2.ClH/c1-2-4-14(5-3-1)8-9-18-13-15-6-7-16-17(12-15)20-11-10-19-16;/h4,6-7,12,18H,1-3,5,8-11,13H2;1H/p-1. The number of allylic oxidation sites excluding steroid dienone is 1.